The van der Waals surface area contributed by atoms with Crippen molar-refractivity contribution in [2.75, 3.05) is 0 Å². The number of hydrogen-bond acceptors (Lipinski definition) is 2. The van der Waals surface area contributed by atoms with Crippen molar-refractivity contribution in [1.82, 2.24) is 5.32 Å². The van der Waals surface area contributed by atoms with Gasteiger partial charge in [0, 0.05) is 0 Å². The van der Waals surface area contributed by atoms with Gasteiger partial charge in [-0.3, -0.25) is 9.59 Å². The van der Waals surface area contributed by atoms with Gasteiger partial charge in [-0.2, -0.15) is 13.2 Å². The fourth-order valence-corrected chi connectivity index (χ4v) is 1.89. The maximum absolute atomic E-state index is 12.6. The van der Waals surface area contributed by atoms with Crippen LogP contribution in [0.3, 0.4) is 0 Å². The second-order valence-electron chi connectivity index (χ2n) is 5.41. The van der Waals surface area contributed by atoms with E-state index in [1.165, 1.54) is 12.1 Å². The Balaban J connectivity index is 2.75. The monoisotopic (exact) mass is 328 g/mol. The summed E-state index contributed by atoms with van der Waals surface area (Å²) >= 11 is 0. The van der Waals surface area contributed by atoms with Crippen LogP contribution in [0, 0.1) is 0 Å². The van der Waals surface area contributed by atoms with E-state index in [9.17, 15) is 22.8 Å². The average molecular weight is 328 g/mol. The van der Waals surface area contributed by atoms with Gasteiger partial charge in [-0.25, -0.2) is 0 Å². The highest BCUT2D eigenvalue weighted by Crippen LogP contribution is 2.29. The van der Waals surface area contributed by atoms with Crippen LogP contribution >= 0.6 is 0 Å². The number of primary amides is 1. The molecule has 0 saturated carbocycles. The molecule has 2 amide bonds. The summed E-state index contributed by atoms with van der Waals surface area (Å²) in [5.41, 5.74) is 5.57. The van der Waals surface area contributed by atoms with Crippen LogP contribution in [0.1, 0.15) is 31.4 Å². The number of nitrogens with two attached hydrogens (primary N) is 1. The minimum atomic E-state index is -4.47. The van der Waals surface area contributed by atoms with Crippen LogP contribution in [0.2, 0.25) is 0 Å². The van der Waals surface area contributed by atoms with Crippen molar-refractivity contribution in [2.45, 2.75) is 38.9 Å². The molecule has 0 heterocycles. The average Bonchev–Trinajstić information content (AvgIpc) is 2.42. The molecule has 1 aromatic rings. The summed E-state index contributed by atoms with van der Waals surface area (Å²) in [6, 6.07) is 3.62. The fourth-order valence-electron chi connectivity index (χ4n) is 1.89. The van der Waals surface area contributed by atoms with Crippen molar-refractivity contribution in [1.29, 1.82) is 0 Å². The van der Waals surface area contributed by atoms with Crippen LogP contribution in [0.5, 0.6) is 0 Å². The molecular formula is C16H19F3N2O2. The van der Waals surface area contributed by atoms with Gasteiger partial charge in [0.2, 0.25) is 11.8 Å². The second kappa shape index (κ2) is 7.80. The molecule has 23 heavy (non-hydrogen) atoms. The Hall–Kier alpha value is -2.31. The number of rotatable bonds is 6. The highest BCUT2D eigenvalue weighted by atomic mass is 19.4. The number of carbonyl (C=O) groups is 2. The number of carbonyl (C=O) groups excluding carboxylic acids is 2. The normalized spacial score (nSPS) is 12.4. The number of hydrogen-bond donors (Lipinski definition) is 2. The van der Waals surface area contributed by atoms with E-state index < -0.39 is 29.6 Å². The topological polar surface area (TPSA) is 72.2 Å². The molecule has 0 unspecified atom stereocenters. The van der Waals surface area contributed by atoms with E-state index in [1.807, 2.05) is 13.8 Å². The van der Waals surface area contributed by atoms with Gasteiger partial charge in [-0.05, 0) is 31.9 Å². The standard InChI is InChI=1S/C16H19F3N2O2/c1-10(2)6-7-13(15(20)23)21-14(22)9-11-4-3-5-12(8-11)16(17,18)19/h3-6,8,13H,7,9H2,1-2H3,(H2,20,23)(H,21,22)/t13-/m0/s1. The number of alkyl halides is 3. The van der Waals surface area contributed by atoms with Crippen LogP contribution < -0.4 is 11.1 Å². The van der Waals surface area contributed by atoms with E-state index in [2.05, 4.69) is 5.32 Å². The smallest absolute Gasteiger partial charge is 0.368 e. The summed E-state index contributed by atoms with van der Waals surface area (Å²) in [6.07, 6.45) is -2.74. The molecule has 0 radical (unpaired) electrons. The molecule has 0 aliphatic carbocycles. The highest BCUT2D eigenvalue weighted by molar-refractivity contribution is 5.87. The quantitative estimate of drug-likeness (QED) is 0.788. The van der Waals surface area contributed by atoms with Crippen molar-refractivity contribution in [3.8, 4) is 0 Å². The third-order valence-electron chi connectivity index (χ3n) is 3.06. The first-order chi connectivity index (χ1) is 10.6. The van der Waals surface area contributed by atoms with Crippen LogP contribution in [0.15, 0.2) is 35.9 Å². The maximum Gasteiger partial charge on any atom is 0.416 e. The zero-order valence-electron chi connectivity index (χ0n) is 12.9. The van der Waals surface area contributed by atoms with E-state index in [0.717, 1.165) is 17.7 Å². The van der Waals surface area contributed by atoms with Gasteiger partial charge in [0.1, 0.15) is 6.04 Å². The predicted molar refractivity (Wildman–Crippen MR) is 80.3 cm³/mol. The Bertz CT molecular complexity index is 606. The van der Waals surface area contributed by atoms with Crippen molar-refractivity contribution >= 4 is 11.8 Å². The molecule has 1 atom stereocenters. The van der Waals surface area contributed by atoms with Gasteiger partial charge in [0.05, 0.1) is 12.0 Å². The lowest BCUT2D eigenvalue weighted by Crippen LogP contribution is -2.44. The molecule has 4 nitrogen and oxygen atoms in total. The Morgan fingerprint density at radius 2 is 1.96 bits per heavy atom. The largest absolute Gasteiger partial charge is 0.416 e. The minimum Gasteiger partial charge on any atom is -0.368 e. The van der Waals surface area contributed by atoms with Gasteiger partial charge in [0.25, 0.3) is 0 Å². The molecular weight excluding hydrogens is 309 g/mol. The lowest BCUT2D eigenvalue weighted by atomic mass is 10.1. The van der Waals surface area contributed by atoms with E-state index in [4.69, 9.17) is 5.73 Å². The van der Waals surface area contributed by atoms with Gasteiger partial charge < -0.3 is 11.1 Å². The minimum absolute atomic E-state index is 0.211. The molecule has 3 N–H and O–H groups in total. The van der Waals surface area contributed by atoms with Crippen molar-refractivity contribution in [3.05, 3.63) is 47.0 Å². The number of benzene rings is 1. The van der Waals surface area contributed by atoms with Crippen LogP contribution in [-0.2, 0) is 22.2 Å². The Labute approximate surface area is 132 Å². The zero-order valence-corrected chi connectivity index (χ0v) is 12.9. The molecule has 0 bridgehead atoms. The Morgan fingerprint density at radius 3 is 2.48 bits per heavy atom. The molecule has 1 aromatic carbocycles. The molecule has 0 saturated heterocycles. The second-order valence-corrected chi connectivity index (χ2v) is 5.41. The van der Waals surface area contributed by atoms with E-state index in [1.54, 1.807) is 6.08 Å². The molecule has 0 spiro atoms. The molecule has 7 heteroatoms. The highest BCUT2D eigenvalue weighted by Gasteiger charge is 2.30. The third-order valence-corrected chi connectivity index (χ3v) is 3.06. The maximum atomic E-state index is 12.6. The molecule has 1 rings (SSSR count). The fraction of sp³-hybridized carbons (Fsp3) is 0.375. The van der Waals surface area contributed by atoms with Crippen LogP contribution in [0.4, 0.5) is 13.2 Å². The molecule has 0 fully saturated rings. The van der Waals surface area contributed by atoms with Crippen molar-refractivity contribution < 1.29 is 22.8 Å². The summed E-state index contributed by atoms with van der Waals surface area (Å²) in [6.45, 7) is 3.67. The van der Waals surface area contributed by atoms with E-state index in [-0.39, 0.29) is 18.4 Å². The van der Waals surface area contributed by atoms with Gasteiger partial charge in [-0.15, -0.1) is 0 Å². The lowest BCUT2D eigenvalue weighted by molar-refractivity contribution is -0.137. The predicted octanol–water partition coefficient (Wildman–Crippen LogP) is 2.57. The first-order valence-electron chi connectivity index (χ1n) is 6.97. The summed E-state index contributed by atoms with van der Waals surface area (Å²) in [5, 5.41) is 2.44. The van der Waals surface area contributed by atoms with E-state index in [0.29, 0.717) is 0 Å². The summed E-state index contributed by atoms with van der Waals surface area (Å²) < 4.78 is 37.9. The number of nitrogens with one attached hydrogen (secondary N) is 1. The molecule has 0 aromatic heterocycles. The van der Waals surface area contributed by atoms with Crippen molar-refractivity contribution in [2.24, 2.45) is 5.73 Å². The van der Waals surface area contributed by atoms with Gasteiger partial charge >= 0.3 is 6.18 Å². The lowest BCUT2D eigenvalue weighted by Gasteiger charge is -2.14. The molecule has 126 valence electrons. The first-order valence-corrected chi connectivity index (χ1v) is 6.97. The summed E-state index contributed by atoms with van der Waals surface area (Å²) in [5.74, 6) is -1.25. The zero-order chi connectivity index (χ0) is 17.6. The van der Waals surface area contributed by atoms with Crippen LogP contribution in [-0.4, -0.2) is 17.9 Å². The summed E-state index contributed by atoms with van der Waals surface area (Å²) in [4.78, 5) is 23.2. The Kier molecular flexibility index (Phi) is 6.36. The van der Waals surface area contributed by atoms with Gasteiger partial charge in [-0.1, -0.05) is 29.8 Å². The number of allylic oxidation sites excluding steroid dienone is 1. The molecule has 0 aliphatic rings. The first kappa shape index (κ1) is 18.7. The van der Waals surface area contributed by atoms with Crippen LogP contribution in [0.25, 0.3) is 0 Å². The van der Waals surface area contributed by atoms with Crippen molar-refractivity contribution in [3.63, 3.8) is 0 Å². The van der Waals surface area contributed by atoms with Gasteiger partial charge in [0.15, 0.2) is 0 Å². The number of halogens is 3. The summed E-state index contributed by atoms with van der Waals surface area (Å²) in [7, 11) is 0. The van der Waals surface area contributed by atoms with E-state index >= 15 is 0 Å². The SMILES string of the molecule is CC(C)=CC[C@H](NC(=O)Cc1cccc(C(F)(F)F)c1)C(N)=O. The Morgan fingerprint density at radius 1 is 1.30 bits per heavy atom. The molecule has 0 aliphatic heterocycles. The number of amides is 2. The third kappa shape index (κ3) is 6.54.